The van der Waals surface area contributed by atoms with Gasteiger partial charge in [-0.25, -0.2) is 9.07 Å². The van der Waals surface area contributed by atoms with Crippen molar-refractivity contribution in [2.24, 2.45) is 0 Å². The van der Waals surface area contributed by atoms with E-state index in [0.29, 0.717) is 36.0 Å². The smallest absolute Gasteiger partial charge is 0.320 e. The van der Waals surface area contributed by atoms with Gasteiger partial charge in [0.25, 0.3) is 5.91 Å². The average molecular weight is 467 g/mol. The summed E-state index contributed by atoms with van der Waals surface area (Å²) >= 11 is 6.11. The Morgan fingerprint density at radius 2 is 1.91 bits per heavy atom. The summed E-state index contributed by atoms with van der Waals surface area (Å²) in [6.07, 6.45) is -3.23. The second-order valence-corrected chi connectivity index (χ2v) is 7.44. The van der Waals surface area contributed by atoms with Crippen LogP contribution in [0.15, 0.2) is 48.7 Å². The molecule has 1 aromatic heterocycles. The molecule has 1 fully saturated rings. The highest BCUT2D eigenvalue weighted by atomic mass is 35.5. The van der Waals surface area contributed by atoms with E-state index in [2.05, 4.69) is 10.4 Å². The van der Waals surface area contributed by atoms with Gasteiger partial charge in [0.15, 0.2) is 5.69 Å². The number of alkyl halides is 3. The summed E-state index contributed by atoms with van der Waals surface area (Å²) < 4.78 is 55.9. The van der Waals surface area contributed by atoms with E-state index >= 15 is 0 Å². The molecule has 3 aromatic rings. The Balaban J connectivity index is 1.70. The largest absolute Gasteiger partial charge is 0.434 e. The quantitative estimate of drug-likeness (QED) is 0.546. The highest BCUT2D eigenvalue weighted by Crippen LogP contribution is 2.35. The van der Waals surface area contributed by atoms with E-state index in [0.717, 1.165) is 12.1 Å². The highest BCUT2D eigenvalue weighted by molar-refractivity contribution is 6.34. The first kappa shape index (κ1) is 21.8. The molecule has 1 aliphatic rings. The van der Waals surface area contributed by atoms with Crippen LogP contribution >= 0.6 is 11.6 Å². The lowest BCUT2D eigenvalue weighted by Crippen LogP contribution is -2.24. The maximum absolute atomic E-state index is 14.1. The molecule has 2 amide bonds. The van der Waals surface area contributed by atoms with Gasteiger partial charge in [-0.05, 0) is 36.8 Å². The second kappa shape index (κ2) is 8.27. The third kappa shape index (κ3) is 4.05. The lowest BCUT2D eigenvalue weighted by atomic mass is 10.2. The van der Waals surface area contributed by atoms with Crippen molar-refractivity contribution in [2.45, 2.75) is 19.0 Å². The van der Waals surface area contributed by atoms with Crippen molar-refractivity contribution in [3.8, 4) is 5.69 Å². The summed E-state index contributed by atoms with van der Waals surface area (Å²) in [5.74, 6) is -2.17. The second-order valence-electron chi connectivity index (χ2n) is 7.04. The fourth-order valence-corrected chi connectivity index (χ4v) is 3.65. The SMILES string of the molecule is O=C(Nc1cc(N2CCCC2=O)ccc1Cl)c1cnn(-c2ccccc2F)c1C(F)(F)F. The third-order valence-corrected chi connectivity index (χ3v) is 5.28. The number of carbonyl (C=O) groups is 2. The number of nitrogens with zero attached hydrogens (tertiary/aromatic N) is 3. The first-order valence-electron chi connectivity index (χ1n) is 9.48. The van der Waals surface area contributed by atoms with Gasteiger partial charge in [-0.3, -0.25) is 9.59 Å². The molecule has 32 heavy (non-hydrogen) atoms. The maximum Gasteiger partial charge on any atom is 0.434 e. The van der Waals surface area contributed by atoms with Crippen LogP contribution in [-0.4, -0.2) is 28.1 Å². The maximum atomic E-state index is 14.1. The molecule has 0 aliphatic carbocycles. The van der Waals surface area contributed by atoms with Gasteiger partial charge in [-0.1, -0.05) is 23.7 Å². The number of aromatic nitrogens is 2. The van der Waals surface area contributed by atoms with E-state index in [-0.39, 0.29) is 16.6 Å². The normalized spacial score (nSPS) is 14.2. The Bertz CT molecular complexity index is 1210. The minimum atomic E-state index is -5.00. The number of hydrogen-bond donors (Lipinski definition) is 1. The molecule has 4 rings (SSSR count). The number of carbonyl (C=O) groups excluding carboxylic acids is 2. The molecule has 2 heterocycles. The fraction of sp³-hybridized carbons (Fsp3) is 0.190. The number of nitrogens with one attached hydrogen (secondary N) is 1. The number of hydrogen-bond acceptors (Lipinski definition) is 3. The number of para-hydroxylation sites is 1. The first-order chi connectivity index (χ1) is 15.2. The molecule has 0 radical (unpaired) electrons. The summed E-state index contributed by atoms with van der Waals surface area (Å²) in [4.78, 5) is 26.2. The van der Waals surface area contributed by atoms with Gasteiger partial charge < -0.3 is 10.2 Å². The summed E-state index contributed by atoms with van der Waals surface area (Å²) in [6, 6.07) is 9.21. The van der Waals surface area contributed by atoms with Crippen LogP contribution in [0.3, 0.4) is 0 Å². The van der Waals surface area contributed by atoms with Crippen molar-refractivity contribution >= 4 is 34.8 Å². The van der Waals surface area contributed by atoms with Crippen LogP contribution in [0.1, 0.15) is 28.9 Å². The van der Waals surface area contributed by atoms with Gasteiger partial charge in [0.2, 0.25) is 5.91 Å². The molecule has 0 bridgehead atoms. The molecular weight excluding hydrogens is 452 g/mol. The van der Waals surface area contributed by atoms with Crippen molar-refractivity contribution < 1.29 is 27.2 Å². The molecule has 11 heteroatoms. The Morgan fingerprint density at radius 3 is 2.56 bits per heavy atom. The Hall–Kier alpha value is -3.40. The van der Waals surface area contributed by atoms with Gasteiger partial charge in [-0.15, -0.1) is 0 Å². The topological polar surface area (TPSA) is 67.2 Å². The van der Waals surface area contributed by atoms with Gasteiger partial charge in [0.1, 0.15) is 11.5 Å². The molecule has 0 atom stereocenters. The molecule has 1 aliphatic heterocycles. The van der Waals surface area contributed by atoms with Crippen molar-refractivity contribution in [3.05, 3.63) is 70.8 Å². The minimum Gasteiger partial charge on any atom is -0.320 e. The van der Waals surface area contributed by atoms with Crippen LogP contribution in [0.5, 0.6) is 0 Å². The Morgan fingerprint density at radius 1 is 1.16 bits per heavy atom. The predicted molar refractivity (Wildman–Crippen MR) is 110 cm³/mol. The molecule has 166 valence electrons. The van der Waals surface area contributed by atoms with Crippen LogP contribution in [0.4, 0.5) is 28.9 Å². The molecule has 1 N–H and O–H groups in total. The molecule has 0 spiro atoms. The van der Waals surface area contributed by atoms with Crippen molar-refractivity contribution in [1.82, 2.24) is 9.78 Å². The van der Waals surface area contributed by atoms with Crippen LogP contribution in [0.2, 0.25) is 5.02 Å². The van der Waals surface area contributed by atoms with Gasteiger partial charge in [-0.2, -0.15) is 18.3 Å². The molecule has 6 nitrogen and oxygen atoms in total. The molecule has 1 saturated heterocycles. The lowest BCUT2D eigenvalue weighted by Gasteiger charge is -2.18. The van der Waals surface area contributed by atoms with E-state index in [1.165, 1.54) is 29.2 Å². The summed E-state index contributed by atoms with van der Waals surface area (Å²) in [6.45, 7) is 0.488. The average Bonchev–Trinajstić information content (AvgIpc) is 3.36. The standard InChI is InChI=1S/C21H15ClF4N4O2/c22-14-8-7-12(29-9-3-6-18(29)31)10-16(14)28-20(32)13-11-27-30(19(13)21(24,25)26)17-5-2-1-4-15(17)23/h1-2,4-5,7-8,10-11H,3,6,9H2,(H,28,32). The zero-order valence-corrected chi connectivity index (χ0v) is 17.0. The Kier molecular flexibility index (Phi) is 5.64. The summed E-state index contributed by atoms with van der Waals surface area (Å²) in [5, 5.41) is 6.01. The number of halogens is 5. The van der Waals surface area contributed by atoms with Gasteiger partial charge in [0.05, 0.1) is 22.5 Å². The highest BCUT2D eigenvalue weighted by Gasteiger charge is 2.41. The van der Waals surface area contributed by atoms with E-state index in [4.69, 9.17) is 11.6 Å². The molecule has 0 saturated carbocycles. The number of amides is 2. The van der Waals surface area contributed by atoms with E-state index in [1.807, 2.05) is 0 Å². The van der Waals surface area contributed by atoms with Crippen molar-refractivity contribution in [3.63, 3.8) is 0 Å². The van der Waals surface area contributed by atoms with Crippen LogP contribution < -0.4 is 10.2 Å². The predicted octanol–water partition coefficient (Wildman–Crippen LogP) is 5.06. The van der Waals surface area contributed by atoms with Crippen LogP contribution in [-0.2, 0) is 11.0 Å². The fourth-order valence-electron chi connectivity index (χ4n) is 3.48. The molecule has 0 unspecified atom stereocenters. The van der Waals surface area contributed by atoms with E-state index in [9.17, 15) is 27.2 Å². The van der Waals surface area contributed by atoms with E-state index in [1.54, 1.807) is 6.07 Å². The van der Waals surface area contributed by atoms with Crippen LogP contribution in [0.25, 0.3) is 5.69 Å². The third-order valence-electron chi connectivity index (χ3n) is 4.95. The number of benzene rings is 2. The van der Waals surface area contributed by atoms with Gasteiger partial charge in [0, 0.05) is 18.7 Å². The van der Waals surface area contributed by atoms with Crippen molar-refractivity contribution in [2.75, 3.05) is 16.8 Å². The summed E-state index contributed by atoms with van der Waals surface area (Å²) in [7, 11) is 0. The Labute approximate surface area is 184 Å². The van der Waals surface area contributed by atoms with E-state index < -0.39 is 34.8 Å². The number of anilines is 2. The van der Waals surface area contributed by atoms with Crippen molar-refractivity contribution in [1.29, 1.82) is 0 Å². The molecular formula is C21H15ClF4N4O2. The summed E-state index contributed by atoms with van der Waals surface area (Å²) in [5.41, 5.74) is -2.20. The zero-order chi connectivity index (χ0) is 23.0. The molecule has 2 aromatic carbocycles. The number of rotatable bonds is 4. The minimum absolute atomic E-state index is 0.0284. The lowest BCUT2D eigenvalue weighted by molar-refractivity contribution is -0.143. The van der Waals surface area contributed by atoms with Gasteiger partial charge >= 0.3 is 6.18 Å². The first-order valence-corrected chi connectivity index (χ1v) is 9.86. The zero-order valence-electron chi connectivity index (χ0n) is 16.3. The monoisotopic (exact) mass is 466 g/mol. The van der Waals surface area contributed by atoms with Crippen LogP contribution in [0, 0.1) is 5.82 Å².